The van der Waals surface area contributed by atoms with Crippen LogP contribution in [0, 0.1) is 11.6 Å². The van der Waals surface area contributed by atoms with Crippen LogP contribution in [-0.2, 0) is 4.74 Å². The third-order valence-corrected chi connectivity index (χ3v) is 6.43. The van der Waals surface area contributed by atoms with Crippen LogP contribution in [0.15, 0.2) is 53.1 Å². The highest BCUT2D eigenvalue weighted by Gasteiger charge is 2.26. The van der Waals surface area contributed by atoms with Crippen LogP contribution in [0.25, 0.3) is 21.5 Å². The van der Waals surface area contributed by atoms with Crippen molar-refractivity contribution in [1.29, 1.82) is 0 Å². The fourth-order valence-electron chi connectivity index (χ4n) is 3.66. The van der Waals surface area contributed by atoms with Crippen molar-refractivity contribution in [2.45, 2.75) is 0 Å². The average Bonchev–Trinajstić information content (AvgIpc) is 3.48. The molecule has 1 saturated heterocycles. The van der Waals surface area contributed by atoms with E-state index in [4.69, 9.17) is 9.26 Å². The number of hydrogen-bond donors (Lipinski definition) is 0. The van der Waals surface area contributed by atoms with Gasteiger partial charge in [0.15, 0.2) is 22.4 Å². The van der Waals surface area contributed by atoms with Gasteiger partial charge in [0.2, 0.25) is 0 Å². The predicted octanol–water partition coefficient (Wildman–Crippen LogP) is 4.63. The highest BCUT2D eigenvalue weighted by molar-refractivity contribution is 7.22. The number of aromatic nitrogens is 2. The first-order chi connectivity index (χ1) is 16.1. The Morgan fingerprint density at radius 2 is 1.88 bits per heavy atom. The van der Waals surface area contributed by atoms with E-state index in [1.54, 1.807) is 6.07 Å². The highest BCUT2D eigenvalue weighted by Crippen LogP contribution is 2.32. The molecule has 34 heavy (non-hydrogen) atoms. The van der Waals surface area contributed by atoms with Gasteiger partial charge >= 0.3 is 0 Å². The van der Waals surface area contributed by atoms with Gasteiger partial charge in [-0.15, -0.1) is 12.4 Å². The second-order valence-corrected chi connectivity index (χ2v) is 8.59. The van der Waals surface area contributed by atoms with E-state index in [0.717, 1.165) is 36.1 Å². The van der Waals surface area contributed by atoms with Gasteiger partial charge in [0.05, 0.1) is 17.9 Å². The minimum absolute atomic E-state index is 0. The zero-order valence-electron chi connectivity index (χ0n) is 17.9. The zero-order chi connectivity index (χ0) is 22.8. The van der Waals surface area contributed by atoms with Crippen LogP contribution in [0.3, 0.4) is 0 Å². The molecule has 0 N–H and O–H groups in total. The summed E-state index contributed by atoms with van der Waals surface area (Å²) in [7, 11) is 0. The van der Waals surface area contributed by atoms with Crippen molar-refractivity contribution in [2.75, 3.05) is 44.3 Å². The van der Waals surface area contributed by atoms with Gasteiger partial charge in [-0.1, -0.05) is 46.8 Å². The Balaban J connectivity index is 0.00000274. The van der Waals surface area contributed by atoms with E-state index in [2.05, 4.69) is 15.0 Å². The monoisotopic (exact) mass is 506 g/mol. The molecule has 3 heterocycles. The van der Waals surface area contributed by atoms with Crippen LogP contribution in [0.1, 0.15) is 10.5 Å². The third-order valence-electron chi connectivity index (χ3n) is 5.41. The SMILES string of the molecule is Cl.O=C(c1cc(-c2ccccc2)on1)N(CCN1CCOCC1)c1nc2c(F)cc(F)cc2s1. The highest BCUT2D eigenvalue weighted by atomic mass is 35.5. The number of rotatable bonds is 6. The fraction of sp³-hybridized carbons (Fsp3) is 0.261. The van der Waals surface area contributed by atoms with E-state index in [1.165, 1.54) is 11.0 Å². The number of thiazole rings is 1. The first-order valence-corrected chi connectivity index (χ1v) is 11.3. The Bertz CT molecular complexity index is 1280. The summed E-state index contributed by atoms with van der Waals surface area (Å²) >= 11 is 1.06. The fourth-order valence-corrected chi connectivity index (χ4v) is 4.69. The number of ether oxygens (including phenoxy) is 1. The van der Waals surface area contributed by atoms with Crippen molar-refractivity contribution in [3.05, 3.63) is 65.9 Å². The molecule has 0 radical (unpaired) electrons. The molecule has 1 aliphatic rings. The number of carbonyl (C=O) groups is 1. The maximum absolute atomic E-state index is 14.3. The zero-order valence-corrected chi connectivity index (χ0v) is 19.6. The predicted molar refractivity (Wildman–Crippen MR) is 128 cm³/mol. The number of benzene rings is 2. The maximum atomic E-state index is 14.3. The van der Waals surface area contributed by atoms with Crippen LogP contribution >= 0.6 is 23.7 Å². The van der Waals surface area contributed by atoms with Crippen molar-refractivity contribution >= 4 is 45.0 Å². The Morgan fingerprint density at radius 1 is 1.12 bits per heavy atom. The lowest BCUT2D eigenvalue weighted by molar-refractivity contribution is 0.0391. The molecule has 2 aromatic carbocycles. The minimum Gasteiger partial charge on any atom is -0.379 e. The summed E-state index contributed by atoms with van der Waals surface area (Å²) in [6.45, 7) is 3.64. The van der Waals surface area contributed by atoms with Crippen LogP contribution in [0.4, 0.5) is 13.9 Å². The van der Waals surface area contributed by atoms with Crippen molar-refractivity contribution < 1.29 is 22.8 Å². The molecule has 0 atom stereocenters. The molecule has 178 valence electrons. The molecule has 1 aliphatic heterocycles. The van der Waals surface area contributed by atoms with E-state index in [-0.39, 0.29) is 28.7 Å². The summed E-state index contributed by atoms with van der Waals surface area (Å²) in [5, 5.41) is 4.24. The van der Waals surface area contributed by atoms with Gasteiger partial charge < -0.3 is 9.26 Å². The van der Waals surface area contributed by atoms with Crippen molar-refractivity contribution in [2.24, 2.45) is 0 Å². The number of carbonyl (C=O) groups excluding carboxylic acids is 1. The Hall–Kier alpha value is -2.92. The third kappa shape index (κ3) is 5.10. The maximum Gasteiger partial charge on any atom is 0.282 e. The van der Waals surface area contributed by atoms with Crippen LogP contribution in [0.5, 0.6) is 0 Å². The quantitative estimate of drug-likeness (QED) is 0.380. The van der Waals surface area contributed by atoms with Gasteiger partial charge in [0.1, 0.15) is 11.3 Å². The van der Waals surface area contributed by atoms with E-state index in [9.17, 15) is 13.6 Å². The molecule has 0 spiro atoms. The second kappa shape index (κ2) is 10.6. The van der Waals surface area contributed by atoms with Crippen molar-refractivity contribution in [3.8, 4) is 11.3 Å². The van der Waals surface area contributed by atoms with Crippen molar-refractivity contribution in [3.63, 3.8) is 0 Å². The number of halogens is 3. The van der Waals surface area contributed by atoms with E-state index >= 15 is 0 Å². The average molecular weight is 507 g/mol. The molecular formula is C23H21ClF2N4O3S. The number of morpholine rings is 1. The molecule has 5 rings (SSSR count). The molecule has 0 bridgehead atoms. The molecule has 0 saturated carbocycles. The summed E-state index contributed by atoms with van der Waals surface area (Å²) < 4.78 is 39.1. The first-order valence-electron chi connectivity index (χ1n) is 10.5. The molecule has 4 aromatic rings. The largest absolute Gasteiger partial charge is 0.379 e. The molecular weight excluding hydrogens is 486 g/mol. The number of anilines is 1. The topological polar surface area (TPSA) is 71.7 Å². The van der Waals surface area contributed by atoms with Gasteiger partial charge in [-0.3, -0.25) is 14.6 Å². The number of nitrogens with zero attached hydrogens (tertiary/aromatic N) is 4. The molecule has 0 unspecified atom stereocenters. The van der Waals surface area contributed by atoms with E-state index in [1.807, 2.05) is 30.3 Å². The van der Waals surface area contributed by atoms with Crippen LogP contribution in [-0.4, -0.2) is 60.3 Å². The first kappa shape index (κ1) is 24.2. The van der Waals surface area contributed by atoms with Gasteiger partial charge in [-0.2, -0.15) is 0 Å². The molecule has 11 heteroatoms. The normalized spacial score (nSPS) is 14.2. The minimum atomic E-state index is -0.763. The molecule has 2 aromatic heterocycles. The van der Waals surface area contributed by atoms with E-state index in [0.29, 0.717) is 36.8 Å². The number of fused-ring (bicyclic) bond motifs is 1. The van der Waals surface area contributed by atoms with Crippen LogP contribution < -0.4 is 4.90 Å². The summed E-state index contributed by atoms with van der Waals surface area (Å²) in [6, 6.07) is 12.9. The van der Waals surface area contributed by atoms with Gasteiger partial charge in [-0.25, -0.2) is 13.8 Å². The summed E-state index contributed by atoms with van der Waals surface area (Å²) in [6.07, 6.45) is 0. The lowest BCUT2D eigenvalue weighted by Crippen LogP contribution is -2.43. The molecule has 0 aliphatic carbocycles. The van der Waals surface area contributed by atoms with Gasteiger partial charge in [0, 0.05) is 43.9 Å². The number of hydrogen-bond acceptors (Lipinski definition) is 7. The molecule has 7 nitrogen and oxygen atoms in total. The summed E-state index contributed by atoms with van der Waals surface area (Å²) in [4.78, 5) is 21.4. The molecule has 1 fully saturated rings. The number of amides is 1. The van der Waals surface area contributed by atoms with Gasteiger partial charge in [-0.05, 0) is 6.07 Å². The van der Waals surface area contributed by atoms with Crippen LogP contribution in [0.2, 0.25) is 0 Å². The Morgan fingerprint density at radius 3 is 2.65 bits per heavy atom. The lowest BCUT2D eigenvalue weighted by Gasteiger charge is -2.28. The lowest BCUT2D eigenvalue weighted by atomic mass is 10.1. The summed E-state index contributed by atoms with van der Waals surface area (Å²) in [5.41, 5.74) is 0.939. The van der Waals surface area contributed by atoms with Gasteiger partial charge in [0.25, 0.3) is 5.91 Å². The standard InChI is InChI=1S/C23H20F2N4O3S.ClH/c24-16-12-17(25)21-20(13-16)33-23(26-21)29(7-6-28-8-10-31-11-9-28)22(30)18-14-19(32-27-18)15-4-2-1-3-5-15;/h1-5,12-14H,6-11H2;1H. The van der Waals surface area contributed by atoms with Crippen molar-refractivity contribution in [1.82, 2.24) is 15.0 Å². The smallest absolute Gasteiger partial charge is 0.282 e. The Kier molecular flexibility index (Phi) is 7.52. The Labute approximate surface area is 204 Å². The van der Waals surface area contributed by atoms with E-state index < -0.39 is 17.5 Å². The summed E-state index contributed by atoms with van der Waals surface area (Å²) in [5.74, 6) is -1.41. The second-order valence-electron chi connectivity index (χ2n) is 7.58. The molecule has 1 amide bonds.